The third-order valence-electron chi connectivity index (χ3n) is 6.67. The number of halogens is 6. The van der Waals surface area contributed by atoms with Gasteiger partial charge in [0.1, 0.15) is 0 Å². The zero-order valence-electron chi connectivity index (χ0n) is 19.6. The standard InChI is InChI=1S/C21H27F6N7O3/c22-20(23,24)12-8-28-19(29-9-12)34-5-3-33(4-6-34)16(35)7-13-1-2-14(31-13)11-37-15-10-30-32-18(36)17(15)21(25,26)27/h8-9,13-15,17,30-31H,1-7,10-11H2,(H,32,36). The minimum absolute atomic E-state index is 0.0251. The molecule has 3 aliphatic rings. The maximum Gasteiger partial charge on any atom is 0.419 e. The molecule has 2 amide bonds. The van der Waals surface area contributed by atoms with Gasteiger partial charge < -0.3 is 19.9 Å². The van der Waals surface area contributed by atoms with E-state index in [2.05, 4.69) is 20.7 Å². The number of carbonyl (C=O) groups is 2. The third-order valence-corrected chi connectivity index (χ3v) is 6.67. The lowest BCUT2D eigenvalue weighted by molar-refractivity contribution is -0.213. The van der Waals surface area contributed by atoms with Gasteiger partial charge in [-0.15, -0.1) is 0 Å². The molecule has 0 radical (unpaired) electrons. The van der Waals surface area contributed by atoms with Crippen molar-refractivity contribution in [1.82, 2.24) is 31.0 Å². The van der Waals surface area contributed by atoms with Crippen molar-refractivity contribution in [3.05, 3.63) is 18.0 Å². The Morgan fingerprint density at radius 2 is 1.68 bits per heavy atom. The molecule has 3 aliphatic heterocycles. The first-order valence-corrected chi connectivity index (χ1v) is 11.8. The minimum atomic E-state index is -4.72. The lowest BCUT2D eigenvalue weighted by Gasteiger charge is -2.35. The van der Waals surface area contributed by atoms with Crippen LogP contribution in [-0.2, 0) is 20.5 Å². The molecule has 1 aromatic heterocycles. The summed E-state index contributed by atoms with van der Waals surface area (Å²) < 4.78 is 83.2. The third kappa shape index (κ3) is 6.78. The Bertz CT molecular complexity index is 953. The number of anilines is 1. The highest BCUT2D eigenvalue weighted by molar-refractivity contribution is 5.80. The summed E-state index contributed by atoms with van der Waals surface area (Å²) in [7, 11) is 0. The molecule has 0 bridgehead atoms. The molecule has 10 nitrogen and oxygen atoms in total. The molecule has 3 fully saturated rings. The van der Waals surface area contributed by atoms with E-state index in [1.54, 1.807) is 9.80 Å². The highest BCUT2D eigenvalue weighted by atomic mass is 19.4. The monoisotopic (exact) mass is 539 g/mol. The van der Waals surface area contributed by atoms with E-state index >= 15 is 0 Å². The van der Waals surface area contributed by atoms with Gasteiger partial charge in [-0.2, -0.15) is 26.3 Å². The van der Waals surface area contributed by atoms with Crippen LogP contribution in [0, 0.1) is 5.92 Å². The summed E-state index contributed by atoms with van der Waals surface area (Å²) in [4.78, 5) is 35.3. The average Bonchev–Trinajstić information content (AvgIpc) is 3.28. The predicted octanol–water partition coefficient (Wildman–Crippen LogP) is 0.853. The Morgan fingerprint density at radius 1 is 1.03 bits per heavy atom. The zero-order chi connectivity index (χ0) is 26.8. The molecule has 4 atom stereocenters. The van der Waals surface area contributed by atoms with Crippen molar-refractivity contribution in [2.24, 2.45) is 5.92 Å². The van der Waals surface area contributed by atoms with Gasteiger partial charge in [-0.3, -0.25) is 15.0 Å². The van der Waals surface area contributed by atoms with Gasteiger partial charge in [0.05, 0.1) is 18.3 Å². The van der Waals surface area contributed by atoms with Gasteiger partial charge in [0, 0.05) is 63.6 Å². The maximum atomic E-state index is 13.2. The number of amides is 2. The van der Waals surface area contributed by atoms with Gasteiger partial charge in [-0.1, -0.05) is 0 Å². The van der Waals surface area contributed by atoms with Crippen LogP contribution in [0.5, 0.6) is 0 Å². The number of hydrazine groups is 1. The van der Waals surface area contributed by atoms with Crippen LogP contribution in [0.15, 0.2) is 12.4 Å². The molecular weight excluding hydrogens is 512 g/mol. The molecule has 0 aliphatic carbocycles. The van der Waals surface area contributed by atoms with E-state index in [9.17, 15) is 35.9 Å². The first-order chi connectivity index (χ1) is 17.4. The number of nitrogens with zero attached hydrogens (tertiary/aromatic N) is 4. The zero-order valence-corrected chi connectivity index (χ0v) is 19.6. The van der Waals surface area contributed by atoms with Crippen molar-refractivity contribution in [1.29, 1.82) is 0 Å². The van der Waals surface area contributed by atoms with Crippen molar-refractivity contribution < 1.29 is 40.7 Å². The summed E-state index contributed by atoms with van der Waals surface area (Å²) in [5.74, 6) is -3.37. The summed E-state index contributed by atoms with van der Waals surface area (Å²) in [6.07, 6.45) is -7.67. The first kappa shape index (κ1) is 27.3. The summed E-state index contributed by atoms with van der Waals surface area (Å²) in [6.45, 7) is 1.26. The second-order valence-corrected chi connectivity index (χ2v) is 9.24. The van der Waals surface area contributed by atoms with Crippen LogP contribution in [0.4, 0.5) is 32.3 Å². The second-order valence-electron chi connectivity index (χ2n) is 9.24. The molecule has 1 aromatic rings. The van der Waals surface area contributed by atoms with E-state index in [0.717, 1.165) is 12.4 Å². The summed E-state index contributed by atoms with van der Waals surface area (Å²) in [6, 6.07) is -0.408. The molecule has 4 heterocycles. The maximum absolute atomic E-state index is 13.2. The van der Waals surface area contributed by atoms with E-state index in [-0.39, 0.29) is 43.5 Å². The Balaban J connectivity index is 1.20. The van der Waals surface area contributed by atoms with Crippen LogP contribution >= 0.6 is 0 Å². The van der Waals surface area contributed by atoms with Gasteiger partial charge in [-0.25, -0.2) is 15.4 Å². The number of rotatable bonds is 6. The summed E-state index contributed by atoms with van der Waals surface area (Å²) in [5.41, 5.74) is 3.45. The largest absolute Gasteiger partial charge is 0.419 e. The highest BCUT2D eigenvalue weighted by Crippen LogP contribution is 2.32. The molecule has 4 rings (SSSR count). The lowest BCUT2D eigenvalue weighted by atomic mass is 9.99. The van der Waals surface area contributed by atoms with Gasteiger partial charge in [0.15, 0.2) is 5.92 Å². The Morgan fingerprint density at radius 3 is 2.30 bits per heavy atom. The summed E-state index contributed by atoms with van der Waals surface area (Å²) >= 11 is 0. The molecule has 0 aromatic carbocycles. The van der Waals surface area contributed by atoms with Crippen molar-refractivity contribution in [2.45, 2.75) is 49.8 Å². The van der Waals surface area contributed by atoms with Crippen molar-refractivity contribution >= 4 is 17.8 Å². The lowest BCUT2D eigenvalue weighted by Crippen LogP contribution is -2.60. The number of hydrogen-bond donors (Lipinski definition) is 3. The van der Waals surface area contributed by atoms with Crippen LogP contribution in [0.3, 0.4) is 0 Å². The number of nitrogens with one attached hydrogen (secondary N) is 3. The van der Waals surface area contributed by atoms with E-state index in [1.165, 1.54) is 0 Å². The fourth-order valence-electron chi connectivity index (χ4n) is 4.68. The predicted molar refractivity (Wildman–Crippen MR) is 116 cm³/mol. The number of aromatic nitrogens is 2. The minimum Gasteiger partial charge on any atom is -0.374 e. The molecular formula is C21H27F6N7O3. The molecule has 4 unspecified atom stereocenters. The van der Waals surface area contributed by atoms with Crippen LogP contribution in [0.25, 0.3) is 0 Å². The quantitative estimate of drug-likeness (QED) is 0.457. The number of carbonyl (C=O) groups excluding carboxylic acids is 2. The molecule has 0 saturated carbocycles. The van der Waals surface area contributed by atoms with Gasteiger partial charge in [0.25, 0.3) is 0 Å². The molecule has 0 spiro atoms. The molecule has 3 N–H and O–H groups in total. The number of alkyl halides is 6. The molecule has 3 saturated heterocycles. The number of piperazine rings is 1. The van der Waals surface area contributed by atoms with E-state index in [0.29, 0.717) is 39.0 Å². The fourth-order valence-corrected chi connectivity index (χ4v) is 4.68. The molecule has 37 heavy (non-hydrogen) atoms. The van der Waals surface area contributed by atoms with Crippen LogP contribution < -0.4 is 21.1 Å². The normalized spacial score (nSPS) is 27.4. The Hall–Kier alpha value is -2.72. The summed E-state index contributed by atoms with van der Waals surface area (Å²) in [5, 5.41) is 3.22. The van der Waals surface area contributed by atoms with Crippen molar-refractivity contribution in [3.8, 4) is 0 Å². The highest BCUT2D eigenvalue weighted by Gasteiger charge is 2.52. The average molecular weight is 539 g/mol. The van der Waals surface area contributed by atoms with Gasteiger partial charge in [0.2, 0.25) is 17.8 Å². The number of hydrogen-bond acceptors (Lipinski definition) is 8. The molecule has 206 valence electrons. The van der Waals surface area contributed by atoms with Gasteiger partial charge >= 0.3 is 12.4 Å². The van der Waals surface area contributed by atoms with Gasteiger partial charge in [-0.05, 0) is 12.8 Å². The SMILES string of the molecule is O=C1NNCC(OCC2CCC(CC(=O)N3CCN(c4ncc(C(F)(F)F)cn4)CC3)N2)C1C(F)(F)F. The topological polar surface area (TPSA) is 112 Å². The van der Waals surface area contributed by atoms with E-state index in [1.807, 2.05) is 5.43 Å². The number of ether oxygens (including phenoxy) is 1. The first-order valence-electron chi connectivity index (χ1n) is 11.8. The fraction of sp³-hybridized carbons (Fsp3) is 0.714. The van der Waals surface area contributed by atoms with E-state index < -0.39 is 35.8 Å². The van der Waals surface area contributed by atoms with Crippen LogP contribution in [0.1, 0.15) is 24.8 Å². The van der Waals surface area contributed by atoms with Crippen molar-refractivity contribution in [2.75, 3.05) is 44.2 Å². The molecule has 16 heteroatoms. The van der Waals surface area contributed by atoms with E-state index in [4.69, 9.17) is 4.74 Å². The Labute approximate surface area is 208 Å². The van der Waals surface area contributed by atoms with Crippen LogP contribution in [-0.4, -0.2) is 90.4 Å². The smallest absolute Gasteiger partial charge is 0.374 e. The van der Waals surface area contributed by atoms with Crippen LogP contribution in [0.2, 0.25) is 0 Å². The Kier molecular flexibility index (Phi) is 8.08. The van der Waals surface area contributed by atoms with Crippen molar-refractivity contribution in [3.63, 3.8) is 0 Å². The second kappa shape index (κ2) is 10.9.